The first kappa shape index (κ1) is 9.53. The highest BCUT2D eigenvalue weighted by Gasteiger charge is 2.28. The van der Waals surface area contributed by atoms with E-state index in [1.54, 1.807) is 7.11 Å². The maximum atomic E-state index is 5.61. The molecule has 2 nitrogen and oxygen atoms in total. The lowest BCUT2D eigenvalue weighted by atomic mass is 9.71. The Morgan fingerprint density at radius 3 is 2.86 bits per heavy atom. The summed E-state index contributed by atoms with van der Waals surface area (Å²) in [6.07, 6.45) is 2.48. The van der Waals surface area contributed by atoms with Crippen LogP contribution in [0.1, 0.15) is 24.3 Å². The quantitative estimate of drug-likeness (QED) is 0.794. The van der Waals surface area contributed by atoms with Crippen LogP contribution >= 0.6 is 0 Å². The van der Waals surface area contributed by atoms with E-state index in [1.807, 2.05) is 6.07 Å². The average molecular weight is 191 g/mol. The summed E-state index contributed by atoms with van der Waals surface area (Å²) < 4.78 is 5.20. The van der Waals surface area contributed by atoms with Crippen molar-refractivity contribution in [3.05, 3.63) is 29.8 Å². The molecule has 0 bridgehead atoms. The molecule has 1 fully saturated rings. The number of hydrogen-bond donors (Lipinski definition) is 1. The van der Waals surface area contributed by atoms with Crippen LogP contribution in [0.5, 0.6) is 5.75 Å². The summed E-state index contributed by atoms with van der Waals surface area (Å²) in [7, 11) is 1.71. The Hall–Kier alpha value is -1.02. The first-order valence-electron chi connectivity index (χ1n) is 5.17. The lowest BCUT2D eigenvalue weighted by Gasteiger charge is -2.34. The molecule has 0 saturated heterocycles. The van der Waals surface area contributed by atoms with E-state index in [0.717, 1.165) is 18.2 Å². The summed E-state index contributed by atoms with van der Waals surface area (Å²) in [5.74, 6) is 2.41. The predicted octanol–water partition coefficient (Wildman–Crippen LogP) is 2.15. The lowest BCUT2D eigenvalue weighted by Crippen LogP contribution is -2.28. The zero-order valence-electron chi connectivity index (χ0n) is 8.57. The van der Waals surface area contributed by atoms with E-state index >= 15 is 0 Å². The molecule has 2 rings (SSSR count). The first-order chi connectivity index (χ1) is 6.83. The fourth-order valence-electron chi connectivity index (χ4n) is 2.10. The van der Waals surface area contributed by atoms with Crippen molar-refractivity contribution in [3.8, 4) is 5.75 Å². The van der Waals surface area contributed by atoms with Crippen LogP contribution in [0.15, 0.2) is 24.3 Å². The van der Waals surface area contributed by atoms with Gasteiger partial charge in [0.15, 0.2) is 0 Å². The van der Waals surface area contributed by atoms with Gasteiger partial charge in [0.1, 0.15) is 5.75 Å². The molecular weight excluding hydrogens is 174 g/mol. The van der Waals surface area contributed by atoms with E-state index in [-0.39, 0.29) is 0 Å². The Bertz CT molecular complexity index is 305. The third kappa shape index (κ3) is 1.75. The Balaban J connectivity index is 2.03. The highest BCUT2D eigenvalue weighted by atomic mass is 16.5. The fraction of sp³-hybridized carbons (Fsp3) is 0.500. The van der Waals surface area contributed by atoms with E-state index in [0.29, 0.717) is 5.92 Å². The third-order valence-electron chi connectivity index (χ3n) is 3.13. The van der Waals surface area contributed by atoms with Crippen LogP contribution in [0, 0.1) is 5.92 Å². The first-order valence-corrected chi connectivity index (χ1v) is 5.17. The van der Waals surface area contributed by atoms with Gasteiger partial charge in [0.25, 0.3) is 0 Å². The van der Waals surface area contributed by atoms with Gasteiger partial charge >= 0.3 is 0 Å². The zero-order valence-corrected chi connectivity index (χ0v) is 8.57. The molecular formula is C12H17NO. The smallest absolute Gasteiger partial charge is 0.119 e. The minimum atomic E-state index is 0.707. The second kappa shape index (κ2) is 4.01. The van der Waals surface area contributed by atoms with E-state index in [4.69, 9.17) is 10.5 Å². The lowest BCUT2D eigenvalue weighted by molar-refractivity contribution is 0.271. The van der Waals surface area contributed by atoms with Gasteiger partial charge in [0, 0.05) is 0 Å². The maximum absolute atomic E-state index is 5.61. The summed E-state index contributed by atoms with van der Waals surface area (Å²) in [5, 5.41) is 0. The van der Waals surface area contributed by atoms with Crippen LogP contribution in [0.2, 0.25) is 0 Å². The Labute approximate surface area is 85.1 Å². The van der Waals surface area contributed by atoms with E-state index in [1.165, 1.54) is 18.4 Å². The highest BCUT2D eigenvalue weighted by Crippen LogP contribution is 2.41. The molecule has 76 valence electrons. The standard InChI is InChI=1S/C12H17NO/c1-14-12-4-2-3-10(7-12)11-5-9(6-11)8-13/h2-4,7,9,11H,5-6,8,13H2,1H3. The number of ether oxygens (including phenoxy) is 1. The van der Waals surface area contributed by atoms with Gasteiger partial charge in [0.2, 0.25) is 0 Å². The monoisotopic (exact) mass is 191 g/mol. The van der Waals surface area contributed by atoms with Crippen molar-refractivity contribution in [2.75, 3.05) is 13.7 Å². The van der Waals surface area contributed by atoms with Crippen molar-refractivity contribution in [1.82, 2.24) is 0 Å². The van der Waals surface area contributed by atoms with Crippen molar-refractivity contribution in [1.29, 1.82) is 0 Å². The van der Waals surface area contributed by atoms with Crippen molar-refractivity contribution in [2.45, 2.75) is 18.8 Å². The van der Waals surface area contributed by atoms with Gasteiger partial charge in [-0.2, -0.15) is 0 Å². The van der Waals surface area contributed by atoms with Gasteiger partial charge in [-0.1, -0.05) is 12.1 Å². The maximum Gasteiger partial charge on any atom is 0.119 e. The molecule has 2 heteroatoms. The topological polar surface area (TPSA) is 35.2 Å². The Morgan fingerprint density at radius 2 is 2.21 bits per heavy atom. The molecule has 0 amide bonds. The van der Waals surface area contributed by atoms with Gasteiger partial charge in [-0.15, -0.1) is 0 Å². The molecule has 1 aliphatic rings. The van der Waals surface area contributed by atoms with Crippen molar-refractivity contribution in [3.63, 3.8) is 0 Å². The molecule has 0 heterocycles. The van der Waals surface area contributed by atoms with Crippen LogP contribution < -0.4 is 10.5 Å². The van der Waals surface area contributed by atoms with Crippen LogP contribution in [0.25, 0.3) is 0 Å². The number of benzene rings is 1. The summed E-state index contributed by atoms with van der Waals surface area (Å²) >= 11 is 0. The third-order valence-corrected chi connectivity index (χ3v) is 3.13. The number of rotatable bonds is 3. The molecule has 0 aliphatic heterocycles. The SMILES string of the molecule is COc1cccc(C2CC(CN)C2)c1. The fourth-order valence-corrected chi connectivity index (χ4v) is 2.10. The molecule has 0 spiro atoms. The molecule has 0 atom stereocenters. The molecule has 1 aromatic rings. The molecule has 14 heavy (non-hydrogen) atoms. The summed E-state index contributed by atoms with van der Waals surface area (Å²) in [4.78, 5) is 0. The minimum Gasteiger partial charge on any atom is -0.497 e. The van der Waals surface area contributed by atoms with E-state index in [2.05, 4.69) is 18.2 Å². The molecule has 1 saturated carbocycles. The van der Waals surface area contributed by atoms with Crippen LogP contribution in [0.4, 0.5) is 0 Å². The highest BCUT2D eigenvalue weighted by molar-refractivity contribution is 5.32. The van der Waals surface area contributed by atoms with Gasteiger partial charge < -0.3 is 10.5 Å². The number of nitrogens with two attached hydrogens (primary N) is 1. The number of methoxy groups -OCH3 is 1. The van der Waals surface area contributed by atoms with Crippen LogP contribution in [0.3, 0.4) is 0 Å². The average Bonchev–Trinajstić information content (AvgIpc) is 2.17. The number of hydrogen-bond acceptors (Lipinski definition) is 2. The van der Waals surface area contributed by atoms with Crippen molar-refractivity contribution < 1.29 is 4.74 Å². The molecule has 1 aromatic carbocycles. The largest absolute Gasteiger partial charge is 0.497 e. The molecule has 1 aliphatic carbocycles. The van der Waals surface area contributed by atoms with E-state index in [9.17, 15) is 0 Å². The summed E-state index contributed by atoms with van der Waals surface area (Å²) in [5.41, 5.74) is 7.00. The van der Waals surface area contributed by atoms with Crippen molar-refractivity contribution >= 4 is 0 Å². The molecule has 2 N–H and O–H groups in total. The Kier molecular flexibility index (Phi) is 2.73. The summed E-state index contributed by atoms with van der Waals surface area (Å²) in [6.45, 7) is 0.834. The summed E-state index contributed by atoms with van der Waals surface area (Å²) in [6, 6.07) is 8.36. The second-order valence-electron chi connectivity index (χ2n) is 4.05. The van der Waals surface area contributed by atoms with Gasteiger partial charge in [0.05, 0.1) is 7.11 Å². The van der Waals surface area contributed by atoms with Crippen molar-refractivity contribution in [2.24, 2.45) is 11.7 Å². The second-order valence-corrected chi connectivity index (χ2v) is 4.05. The minimum absolute atomic E-state index is 0.707. The normalized spacial score (nSPS) is 25.6. The molecule has 0 aromatic heterocycles. The zero-order chi connectivity index (χ0) is 9.97. The van der Waals surface area contributed by atoms with Crippen LogP contribution in [-0.4, -0.2) is 13.7 Å². The predicted molar refractivity (Wildman–Crippen MR) is 57.5 cm³/mol. The van der Waals surface area contributed by atoms with Gasteiger partial charge in [-0.05, 0) is 48.9 Å². The molecule has 0 unspecified atom stereocenters. The molecule has 0 radical (unpaired) electrons. The van der Waals surface area contributed by atoms with Gasteiger partial charge in [-0.25, -0.2) is 0 Å². The van der Waals surface area contributed by atoms with Crippen LogP contribution in [-0.2, 0) is 0 Å². The van der Waals surface area contributed by atoms with Gasteiger partial charge in [-0.3, -0.25) is 0 Å². The Morgan fingerprint density at radius 1 is 1.43 bits per heavy atom. The van der Waals surface area contributed by atoms with E-state index < -0.39 is 0 Å².